The molecule has 3 heterocycles. The molecule has 2 fully saturated rings. The van der Waals surface area contributed by atoms with Gasteiger partial charge in [0.25, 0.3) is 0 Å². The summed E-state index contributed by atoms with van der Waals surface area (Å²) in [4.78, 5) is 17.7. The van der Waals surface area contributed by atoms with Crippen molar-refractivity contribution in [2.45, 2.75) is 38.3 Å². The van der Waals surface area contributed by atoms with Gasteiger partial charge in [-0.2, -0.15) is 5.10 Å². The first-order chi connectivity index (χ1) is 12.7. The van der Waals surface area contributed by atoms with Gasteiger partial charge in [-0.05, 0) is 32.2 Å². The third kappa shape index (κ3) is 5.05. The molecule has 0 aromatic carbocycles. The number of aryl methyl sites for hydroxylation is 1. The van der Waals surface area contributed by atoms with Crippen molar-refractivity contribution in [2.75, 3.05) is 46.6 Å². The number of rotatable bonds is 7. The molecular weight excluding hydrogens is 332 g/mol. The highest BCUT2D eigenvalue weighted by atomic mass is 16.5. The standard InChI is InChI=1S/C19H32N4O3/c1-21-13-16(12-20-21)14-23(8-11-25-2)19(24)17-4-3-7-22(15-17)18-5-9-26-10-6-18/h12-13,17-18H,3-11,14-15H2,1-2H3/t17-/m0/s1. The first-order valence-corrected chi connectivity index (χ1v) is 9.74. The summed E-state index contributed by atoms with van der Waals surface area (Å²) in [6.45, 7) is 5.46. The van der Waals surface area contributed by atoms with E-state index in [2.05, 4.69) is 10.00 Å². The van der Waals surface area contributed by atoms with Crippen LogP contribution in [0.5, 0.6) is 0 Å². The Kier molecular flexibility index (Phi) is 7.05. The van der Waals surface area contributed by atoms with E-state index in [-0.39, 0.29) is 11.8 Å². The van der Waals surface area contributed by atoms with Crippen LogP contribution in [0.15, 0.2) is 12.4 Å². The molecule has 0 N–H and O–H groups in total. The van der Waals surface area contributed by atoms with Gasteiger partial charge in [-0.1, -0.05) is 0 Å². The Balaban J connectivity index is 1.62. The van der Waals surface area contributed by atoms with E-state index in [9.17, 15) is 4.79 Å². The van der Waals surface area contributed by atoms with E-state index >= 15 is 0 Å². The lowest BCUT2D eigenvalue weighted by atomic mass is 9.93. The number of carbonyl (C=O) groups is 1. The highest BCUT2D eigenvalue weighted by Gasteiger charge is 2.32. The maximum atomic E-state index is 13.2. The van der Waals surface area contributed by atoms with E-state index in [0.29, 0.717) is 25.7 Å². The molecule has 1 aromatic rings. The molecule has 2 aliphatic rings. The molecule has 7 heteroatoms. The largest absolute Gasteiger partial charge is 0.383 e. The second-order valence-corrected chi connectivity index (χ2v) is 7.45. The van der Waals surface area contributed by atoms with Crippen molar-refractivity contribution >= 4 is 5.91 Å². The van der Waals surface area contributed by atoms with Gasteiger partial charge in [0.2, 0.25) is 5.91 Å². The lowest BCUT2D eigenvalue weighted by Crippen LogP contribution is -2.49. The molecule has 0 bridgehead atoms. The lowest BCUT2D eigenvalue weighted by Gasteiger charge is -2.40. The minimum Gasteiger partial charge on any atom is -0.383 e. The minimum absolute atomic E-state index is 0.0834. The van der Waals surface area contributed by atoms with Gasteiger partial charge in [0.15, 0.2) is 0 Å². The van der Waals surface area contributed by atoms with E-state index in [4.69, 9.17) is 9.47 Å². The summed E-state index contributed by atoms with van der Waals surface area (Å²) in [5.41, 5.74) is 1.06. The molecule has 1 amide bonds. The van der Waals surface area contributed by atoms with Crippen molar-refractivity contribution in [3.63, 3.8) is 0 Å². The Hall–Kier alpha value is -1.44. The Morgan fingerprint density at radius 1 is 1.38 bits per heavy atom. The Morgan fingerprint density at radius 2 is 2.19 bits per heavy atom. The molecule has 146 valence electrons. The fourth-order valence-electron chi connectivity index (χ4n) is 4.09. The average molecular weight is 364 g/mol. The van der Waals surface area contributed by atoms with Crippen molar-refractivity contribution in [1.82, 2.24) is 19.6 Å². The predicted octanol–water partition coefficient (Wildman–Crippen LogP) is 1.29. The number of carbonyl (C=O) groups excluding carboxylic acids is 1. The summed E-state index contributed by atoms with van der Waals surface area (Å²) in [6.07, 6.45) is 8.06. The fourth-order valence-corrected chi connectivity index (χ4v) is 4.09. The van der Waals surface area contributed by atoms with Crippen LogP contribution in [0.1, 0.15) is 31.2 Å². The van der Waals surface area contributed by atoms with Crippen LogP contribution in [0.3, 0.4) is 0 Å². The number of likely N-dealkylation sites (tertiary alicyclic amines) is 1. The molecule has 2 aliphatic heterocycles. The second kappa shape index (κ2) is 9.48. The first kappa shape index (κ1) is 19.3. The zero-order chi connectivity index (χ0) is 18.4. The number of hydrogen-bond acceptors (Lipinski definition) is 5. The Bertz CT molecular complexity index is 571. The van der Waals surface area contributed by atoms with Gasteiger partial charge in [-0.25, -0.2) is 0 Å². The van der Waals surface area contributed by atoms with E-state index in [1.807, 2.05) is 24.3 Å². The summed E-state index contributed by atoms with van der Waals surface area (Å²) in [5.74, 6) is 0.336. The number of hydrogen-bond donors (Lipinski definition) is 0. The Morgan fingerprint density at radius 3 is 2.88 bits per heavy atom. The van der Waals surface area contributed by atoms with Crippen LogP contribution < -0.4 is 0 Å². The zero-order valence-electron chi connectivity index (χ0n) is 16.1. The summed E-state index contributed by atoms with van der Waals surface area (Å²) in [6, 6.07) is 0.574. The zero-order valence-corrected chi connectivity index (χ0v) is 16.1. The van der Waals surface area contributed by atoms with E-state index < -0.39 is 0 Å². The van der Waals surface area contributed by atoms with E-state index in [1.54, 1.807) is 11.8 Å². The molecule has 7 nitrogen and oxygen atoms in total. The van der Waals surface area contributed by atoms with E-state index in [0.717, 1.165) is 57.6 Å². The van der Waals surface area contributed by atoms with Gasteiger partial charge in [-0.15, -0.1) is 0 Å². The van der Waals surface area contributed by atoms with Gasteiger partial charge >= 0.3 is 0 Å². The van der Waals surface area contributed by atoms with Crippen LogP contribution in [0.2, 0.25) is 0 Å². The first-order valence-electron chi connectivity index (χ1n) is 9.74. The summed E-state index contributed by atoms with van der Waals surface area (Å²) in [7, 11) is 3.58. The lowest BCUT2D eigenvalue weighted by molar-refractivity contribution is -0.139. The molecule has 26 heavy (non-hydrogen) atoms. The van der Waals surface area contributed by atoms with Gasteiger partial charge in [-0.3, -0.25) is 14.4 Å². The third-order valence-electron chi connectivity index (χ3n) is 5.52. The third-order valence-corrected chi connectivity index (χ3v) is 5.52. The molecule has 2 saturated heterocycles. The van der Waals surface area contributed by atoms with Crippen molar-refractivity contribution in [3.8, 4) is 0 Å². The van der Waals surface area contributed by atoms with Gasteiger partial charge in [0, 0.05) is 64.8 Å². The van der Waals surface area contributed by atoms with Gasteiger partial charge in [0.05, 0.1) is 18.7 Å². The normalized spacial score (nSPS) is 22.5. The molecule has 0 spiro atoms. The summed E-state index contributed by atoms with van der Waals surface area (Å²) in [5, 5.41) is 4.22. The molecule has 3 rings (SSSR count). The number of methoxy groups -OCH3 is 1. The number of piperidine rings is 1. The molecule has 0 unspecified atom stereocenters. The fraction of sp³-hybridized carbons (Fsp3) is 0.789. The van der Waals surface area contributed by atoms with Gasteiger partial charge in [0.1, 0.15) is 0 Å². The van der Waals surface area contributed by atoms with Crippen LogP contribution in [0.25, 0.3) is 0 Å². The average Bonchev–Trinajstić information content (AvgIpc) is 3.10. The van der Waals surface area contributed by atoms with Crippen LogP contribution in [-0.2, 0) is 27.9 Å². The van der Waals surface area contributed by atoms with Crippen LogP contribution in [0.4, 0.5) is 0 Å². The number of amides is 1. The molecule has 1 atom stereocenters. The van der Waals surface area contributed by atoms with Crippen LogP contribution in [-0.4, -0.2) is 78.1 Å². The van der Waals surface area contributed by atoms with Crippen LogP contribution >= 0.6 is 0 Å². The molecule has 0 radical (unpaired) electrons. The van der Waals surface area contributed by atoms with Crippen molar-refractivity contribution in [1.29, 1.82) is 0 Å². The maximum Gasteiger partial charge on any atom is 0.227 e. The second-order valence-electron chi connectivity index (χ2n) is 7.45. The summed E-state index contributed by atoms with van der Waals surface area (Å²) >= 11 is 0. The molecule has 1 aromatic heterocycles. The number of aromatic nitrogens is 2. The highest BCUT2D eigenvalue weighted by molar-refractivity contribution is 5.79. The smallest absolute Gasteiger partial charge is 0.227 e. The molecule has 0 saturated carbocycles. The topological polar surface area (TPSA) is 59.8 Å². The maximum absolute atomic E-state index is 13.2. The number of ether oxygens (including phenoxy) is 2. The van der Waals surface area contributed by atoms with Crippen molar-refractivity contribution in [2.24, 2.45) is 13.0 Å². The quantitative estimate of drug-likeness (QED) is 0.730. The monoisotopic (exact) mass is 364 g/mol. The predicted molar refractivity (Wildman–Crippen MR) is 98.6 cm³/mol. The Labute approximate surface area is 156 Å². The molecular formula is C19H32N4O3. The van der Waals surface area contributed by atoms with E-state index in [1.165, 1.54) is 0 Å². The van der Waals surface area contributed by atoms with Crippen molar-refractivity contribution in [3.05, 3.63) is 18.0 Å². The molecule has 0 aliphatic carbocycles. The van der Waals surface area contributed by atoms with Crippen molar-refractivity contribution < 1.29 is 14.3 Å². The van der Waals surface area contributed by atoms with Gasteiger partial charge < -0.3 is 14.4 Å². The van der Waals surface area contributed by atoms with Crippen LogP contribution in [0, 0.1) is 5.92 Å². The summed E-state index contributed by atoms with van der Waals surface area (Å²) < 4.78 is 12.5. The number of nitrogens with zero attached hydrogens (tertiary/aromatic N) is 4. The highest BCUT2D eigenvalue weighted by Crippen LogP contribution is 2.25. The minimum atomic E-state index is 0.0834. The SMILES string of the molecule is COCCN(Cc1cnn(C)c1)C(=O)[C@H]1CCCN(C2CCOCC2)C1.